The molecule has 326 valence electrons. The van der Waals surface area contributed by atoms with Gasteiger partial charge in [-0.25, -0.2) is 28.3 Å². The molecule has 0 radical (unpaired) electrons. The van der Waals surface area contributed by atoms with E-state index < -0.39 is 84.6 Å². The lowest BCUT2D eigenvalue weighted by atomic mass is 9.85. The molecule has 4 aromatic rings. The van der Waals surface area contributed by atoms with Crippen LogP contribution in [-0.2, 0) is 19.1 Å². The van der Waals surface area contributed by atoms with Crippen LogP contribution in [0.3, 0.4) is 0 Å². The zero-order chi connectivity index (χ0) is 44.8. The van der Waals surface area contributed by atoms with Crippen molar-refractivity contribution < 1.29 is 37.4 Å². The van der Waals surface area contributed by atoms with E-state index in [2.05, 4.69) is 30.6 Å². The first kappa shape index (κ1) is 46.9. The van der Waals surface area contributed by atoms with E-state index in [-0.39, 0.29) is 0 Å². The Morgan fingerprint density at radius 2 is 0.883 bits per heavy atom. The lowest BCUT2D eigenvalue weighted by molar-refractivity contribution is -0.132. The van der Waals surface area contributed by atoms with Crippen LogP contribution < -0.4 is 10.6 Å². The molecule has 2 unspecified atom stereocenters. The molecule has 2 heterocycles. The number of nitrogens with zero attached hydrogens (tertiary/aromatic N) is 4. The first-order chi connectivity index (χ1) is 27.9. The van der Waals surface area contributed by atoms with Gasteiger partial charge in [0.1, 0.15) is 49.3 Å². The monoisotopic (exact) mass is 834 g/mol. The Morgan fingerprint density at radius 3 is 1.17 bits per heavy atom. The Kier molecular flexibility index (Phi) is 14.6. The van der Waals surface area contributed by atoms with Crippen LogP contribution in [0.15, 0.2) is 60.9 Å². The summed E-state index contributed by atoms with van der Waals surface area (Å²) in [6, 6.07) is 14.9. The molecule has 0 saturated carbocycles. The summed E-state index contributed by atoms with van der Waals surface area (Å²) in [6.45, 7) is 15.8. The van der Waals surface area contributed by atoms with Gasteiger partial charge in [0.15, 0.2) is 0 Å². The van der Waals surface area contributed by atoms with Crippen LogP contribution in [0.2, 0.25) is 0 Å². The number of carbonyl (C=O) groups excluding carboxylic acids is 4. The van der Waals surface area contributed by atoms with Crippen LogP contribution in [0.4, 0.5) is 18.4 Å². The summed E-state index contributed by atoms with van der Waals surface area (Å²) < 4.78 is 34.9. The van der Waals surface area contributed by atoms with Gasteiger partial charge in [0.25, 0.3) is 0 Å². The third-order valence-corrected chi connectivity index (χ3v) is 10.7. The van der Waals surface area contributed by atoms with Crippen molar-refractivity contribution >= 4 is 24.0 Å². The van der Waals surface area contributed by atoms with Crippen molar-refractivity contribution in [3.63, 3.8) is 0 Å². The van der Waals surface area contributed by atoms with E-state index in [9.17, 15) is 28.0 Å². The number of aromatic amines is 2. The topological polar surface area (TPSA) is 175 Å². The van der Waals surface area contributed by atoms with Crippen molar-refractivity contribution in [3.05, 3.63) is 72.6 Å². The quantitative estimate of drug-likeness (QED) is 0.0928. The first-order valence-corrected chi connectivity index (χ1v) is 19.8. The smallest absolute Gasteiger partial charge is 0.410 e. The van der Waals surface area contributed by atoms with E-state index in [0.29, 0.717) is 11.6 Å². The van der Waals surface area contributed by atoms with Crippen molar-refractivity contribution in [1.29, 1.82) is 0 Å². The van der Waals surface area contributed by atoms with Gasteiger partial charge in [0.05, 0.1) is 35.9 Å². The van der Waals surface area contributed by atoms with Gasteiger partial charge in [-0.2, -0.15) is 0 Å². The van der Waals surface area contributed by atoms with Gasteiger partial charge in [-0.1, -0.05) is 90.1 Å². The fourth-order valence-electron chi connectivity index (χ4n) is 6.16. The molecule has 0 aliphatic carbocycles. The fraction of sp³-hybridized carbons (Fsp3) is 0.500. The number of carbonyl (C=O) groups is 4. The summed E-state index contributed by atoms with van der Waals surface area (Å²) in [6.07, 6.45) is 1.84. The average molecular weight is 835 g/mol. The molecule has 0 aliphatic heterocycles. The van der Waals surface area contributed by atoms with E-state index in [0.717, 1.165) is 43.4 Å². The maximum atomic E-state index is 13.5. The number of rotatable bonds is 15. The molecule has 60 heavy (non-hydrogen) atoms. The number of nitrogens with one attached hydrogen (secondary N) is 4. The second-order valence-corrected chi connectivity index (χ2v) is 17.9. The van der Waals surface area contributed by atoms with Gasteiger partial charge in [-0.05, 0) is 60.8 Å². The summed E-state index contributed by atoms with van der Waals surface area (Å²) in [5.74, 6) is 0.242. The van der Waals surface area contributed by atoms with Gasteiger partial charge >= 0.3 is 12.2 Å². The Bertz CT molecular complexity index is 1950. The predicted molar refractivity (Wildman–Crippen MR) is 226 cm³/mol. The standard InChI is InChI=1S/C44H60F2N8O6/c1-41(2,3)33(51-37(55)43(7,8)53(11)39(57)59-23-21-45)35-47-25-31(49-35)29-17-13-27(14-18-29)28-15-19-30(20-16-28)32-26-48-36(50-32)34(42(4,5)6)52-38(56)44(9,10)54(12)40(58)60-24-22-46/h13-20,25-26,33-34H,21-24H2,1-12H3,(H,47,49)(H,48,50)(H,51,55)(H,52,56). The molecule has 0 saturated heterocycles. The fourth-order valence-corrected chi connectivity index (χ4v) is 6.16. The molecule has 0 fully saturated rings. The Labute approximate surface area is 351 Å². The molecule has 4 N–H and O–H groups in total. The molecule has 14 nitrogen and oxygen atoms in total. The maximum absolute atomic E-state index is 13.5. The summed E-state index contributed by atoms with van der Waals surface area (Å²) in [5, 5.41) is 6.10. The highest BCUT2D eigenvalue weighted by Gasteiger charge is 2.42. The summed E-state index contributed by atoms with van der Waals surface area (Å²) in [7, 11) is 2.87. The van der Waals surface area contributed by atoms with Crippen molar-refractivity contribution in [3.8, 4) is 33.6 Å². The molecule has 0 spiro atoms. The highest BCUT2D eigenvalue weighted by atomic mass is 19.1. The number of aromatic nitrogens is 4. The minimum atomic E-state index is -1.30. The zero-order valence-electron chi connectivity index (χ0n) is 36.8. The van der Waals surface area contributed by atoms with Crippen molar-refractivity contribution in [2.45, 2.75) is 92.4 Å². The number of alkyl halides is 2. The summed E-state index contributed by atoms with van der Waals surface area (Å²) >= 11 is 0. The molecule has 2 aromatic carbocycles. The van der Waals surface area contributed by atoms with E-state index in [1.54, 1.807) is 40.1 Å². The number of benzene rings is 2. The summed E-state index contributed by atoms with van der Waals surface area (Å²) in [4.78, 5) is 70.2. The zero-order valence-corrected chi connectivity index (χ0v) is 36.8. The normalized spacial score (nSPS) is 13.2. The molecule has 16 heteroatoms. The van der Waals surface area contributed by atoms with Gasteiger partial charge in [0, 0.05) is 14.1 Å². The molecule has 0 aliphatic rings. The molecule has 2 aromatic heterocycles. The van der Waals surface area contributed by atoms with E-state index in [1.807, 2.05) is 90.1 Å². The van der Waals surface area contributed by atoms with Gasteiger partial charge < -0.3 is 30.1 Å². The van der Waals surface area contributed by atoms with Gasteiger partial charge in [0.2, 0.25) is 11.8 Å². The number of amides is 4. The maximum Gasteiger partial charge on any atom is 0.410 e. The number of ether oxygens (including phenoxy) is 2. The summed E-state index contributed by atoms with van der Waals surface area (Å²) in [5.41, 5.74) is 1.75. The number of halogens is 2. The highest BCUT2D eigenvalue weighted by Crippen LogP contribution is 2.36. The number of H-pyrrole nitrogens is 2. The lowest BCUT2D eigenvalue weighted by Crippen LogP contribution is -2.57. The molecule has 4 rings (SSSR count). The minimum absolute atomic E-state index is 0.390. The van der Waals surface area contributed by atoms with Crippen LogP contribution in [0.25, 0.3) is 33.6 Å². The van der Waals surface area contributed by atoms with Crippen molar-refractivity contribution in [2.24, 2.45) is 10.8 Å². The van der Waals surface area contributed by atoms with E-state index >= 15 is 0 Å². The largest absolute Gasteiger partial charge is 0.447 e. The Morgan fingerprint density at radius 1 is 0.583 bits per heavy atom. The lowest BCUT2D eigenvalue weighted by Gasteiger charge is -2.37. The average Bonchev–Trinajstić information content (AvgIpc) is 3.89. The molecule has 0 bridgehead atoms. The van der Waals surface area contributed by atoms with Gasteiger partial charge in [-0.15, -0.1) is 0 Å². The van der Waals surface area contributed by atoms with Crippen LogP contribution in [0.5, 0.6) is 0 Å². The van der Waals surface area contributed by atoms with E-state index in [1.165, 1.54) is 14.1 Å². The number of hydrogen-bond donors (Lipinski definition) is 4. The van der Waals surface area contributed by atoms with Crippen LogP contribution >= 0.6 is 0 Å². The molecular weight excluding hydrogens is 775 g/mol. The Balaban J connectivity index is 1.47. The molecule has 4 amide bonds. The molecular formula is C44H60F2N8O6. The number of hydrogen-bond acceptors (Lipinski definition) is 8. The molecule has 2 atom stereocenters. The predicted octanol–water partition coefficient (Wildman–Crippen LogP) is 8.17. The van der Waals surface area contributed by atoms with Crippen molar-refractivity contribution in [1.82, 2.24) is 40.4 Å². The number of imidazole rings is 2. The first-order valence-electron chi connectivity index (χ1n) is 19.8. The third kappa shape index (κ3) is 10.9. The minimum Gasteiger partial charge on any atom is -0.447 e. The van der Waals surface area contributed by atoms with Crippen molar-refractivity contribution in [2.75, 3.05) is 40.7 Å². The SMILES string of the molecule is CN(C(=O)OCCF)C(C)(C)C(=O)NC(c1ncc(-c2ccc(-c3ccc(-c4cnc(C(NC(=O)C(C)(C)N(C)C(=O)OCCF)C(C)(C)C)[nH]4)cc3)cc2)[nH]1)C(C)(C)C. The second kappa shape index (κ2) is 18.6. The van der Waals surface area contributed by atoms with Crippen LogP contribution in [0, 0.1) is 10.8 Å². The Hall–Kier alpha value is -5.80. The van der Waals surface area contributed by atoms with Crippen LogP contribution in [-0.4, -0.2) is 105 Å². The third-order valence-electron chi connectivity index (χ3n) is 10.7. The highest BCUT2D eigenvalue weighted by molar-refractivity contribution is 5.90. The number of likely N-dealkylation sites (N-methyl/N-ethyl adjacent to an activating group) is 2. The second-order valence-electron chi connectivity index (χ2n) is 17.9. The van der Waals surface area contributed by atoms with E-state index in [4.69, 9.17) is 9.47 Å². The van der Waals surface area contributed by atoms with Gasteiger partial charge in [-0.3, -0.25) is 19.4 Å². The van der Waals surface area contributed by atoms with Crippen LogP contribution in [0.1, 0.15) is 93.0 Å².